The summed E-state index contributed by atoms with van der Waals surface area (Å²) in [5.74, 6) is 0.775. The average Bonchev–Trinajstić information content (AvgIpc) is 2.17. The molecule has 0 aliphatic heterocycles. The van der Waals surface area contributed by atoms with Gasteiger partial charge in [-0.25, -0.2) is 0 Å². The van der Waals surface area contributed by atoms with E-state index >= 15 is 0 Å². The van der Waals surface area contributed by atoms with Gasteiger partial charge in [0.05, 0.1) is 5.69 Å². The third kappa shape index (κ3) is 2.75. The summed E-state index contributed by atoms with van der Waals surface area (Å²) in [7, 11) is 0. The van der Waals surface area contributed by atoms with E-state index in [1.165, 1.54) is 0 Å². The lowest BCUT2D eigenvalue weighted by Gasteiger charge is -2.18. The van der Waals surface area contributed by atoms with Gasteiger partial charge in [-0.1, -0.05) is 25.1 Å². The summed E-state index contributed by atoms with van der Waals surface area (Å²) in [6, 6.07) is 9.84. The van der Waals surface area contributed by atoms with Crippen molar-refractivity contribution in [3.63, 3.8) is 0 Å². The van der Waals surface area contributed by atoms with Crippen molar-refractivity contribution in [3.05, 3.63) is 30.3 Å². The second kappa shape index (κ2) is 4.39. The van der Waals surface area contributed by atoms with E-state index in [9.17, 15) is 4.79 Å². The zero-order valence-corrected chi connectivity index (χ0v) is 8.94. The van der Waals surface area contributed by atoms with Gasteiger partial charge in [-0.15, -0.1) is 0 Å². The van der Waals surface area contributed by atoms with E-state index in [1.54, 1.807) is 0 Å². The number of benzene rings is 1. The van der Waals surface area contributed by atoms with Gasteiger partial charge in [-0.2, -0.15) is 0 Å². The smallest absolute Gasteiger partial charge is 0.138 e. The van der Waals surface area contributed by atoms with Crippen molar-refractivity contribution in [1.29, 1.82) is 0 Å². The number of nitrogens with zero attached hydrogens (tertiary/aromatic N) is 1. The Labute approximate surface area is 90.0 Å². The van der Waals surface area contributed by atoms with Crippen LogP contribution in [0.3, 0.4) is 0 Å². The van der Waals surface area contributed by atoms with Gasteiger partial charge in [0.1, 0.15) is 5.78 Å². The van der Waals surface area contributed by atoms with Crippen molar-refractivity contribution in [2.45, 2.75) is 26.2 Å². The summed E-state index contributed by atoms with van der Waals surface area (Å²) in [4.78, 5) is 15.9. The van der Waals surface area contributed by atoms with Gasteiger partial charge in [-0.05, 0) is 24.5 Å². The molecular weight excluding hydrogens is 186 g/mol. The summed E-state index contributed by atoms with van der Waals surface area (Å²) >= 11 is 0. The Hall–Kier alpha value is -1.44. The zero-order chi connectivity index (χ0) is 10.7. The molecule has 0 saturated heterocycles. The predicted molar refractivity (Wildman–Crippen MR) is 61.6 cm³/mol. The Morgan fingerprint density at radius 2 is 1.93 bits per heavy atom. The minimum atomic E-state index is 0.323. The van der Waals surface area contributed by atoms with Crippen molar-refractivity contribution >= 4 is 17.2 Å². The molecule has 2 nitrogen and oxygen atoms in total. The van der Waals surface area contributed by atoms with Crippen molar-refractivity contribution in [1.82, 2.24) is 0 Å². The van der Waals surface area contributed by atoms with Crippen LogP contribution in [0.2, 0.25) is 0 Å². The number of hydrogen-bond acceptors (Lipinski definition) is 2. The van der Waals surface area contributed by atoms with Gasteiger partial charge < -0.3 is 0 Å². The van der Waals surface area contributed by atoms with E-state index in [0.29, 0.717) is 24.5 Å². The lowest BCUT2D eigenvalue weighted by molar-refractivity contribution is -0.119. The molecule has 2 rings (SSSR count). The maximum Gasteiger partial charge on any atom is 0.138 e. The molecule has 0 amide bonds. The Kier molecular flexibility index (Phi) is 2.95. The van der Waals surface area contributed by atoms with Crippen molar-refractivity contribution in [2.75, 3.05) is 0 Å². The summed E-state index contributed by atoms with van der Waals surface area (Å²) in [6.45, 7) is 2.11. The third-order valence-electron chi connectivity index (χ3n) is 2.60. The van der Waals surface area contributed by atoms with Crippen molar-refractivity contribution in [2.24, 2.45) is 10.9 Å². The molecule has 0 radical (unpaired) electrons. The van der Waals surface area contributed by atoms with E-state index < -0.39 is 0 Å². The Morgan fingerprint density at radius 3 is 2.60 bits per heavy atom. The van der Waals surface area contributed by atoms with E-state index in [4.69, 9.17) is 0 Å². The molecule has 0 bridgehead atoms. The second-order valence-corrected chi connectivity index (χ2v) is 4.24. The molecule has 0 aromatic heterocycles. The van der Waals surface area contributed by atoms with Gasteiger partial charge >= 0.3 is 0 Å². The Bertz CT molecular complexity index is 381. The summed E-state index contributed by atoms with van der Waals surface area (Å²) in [6.07, 6.45) is 2.22. The fourth-order valence-corrected chi connectivity index (χ4v) is 2.01. The number of aliphatic imine (C=N–C) groups is 1. The Morgan fingerprint density at radius 1 is 1.20 bits per heavy atom. The van der Waals surface area contributed by atoms with Gasteiger partial charge in [0, 0.05) is 18.6 Å². The molecule has 1 unspecified atom stereocenters. The molecule has 0 spiro atoms. The first-order chi connectivity index (χ1) is 7.24. The Balaban J connectivity index is 2.16. The van der Waals surface area contributed by atoms with Crippen LogP contribution in [0.15, 0.2) is 35.3 Å². The van der Waals surface area contributed by atoms with E-state index in [-0.39, 0.29) is 0 Å². The monoisotopic (exact) mass is 201 g/mol. The molecule has 1 aliphatic rings. The molecule has 1 aromatic rings. The number of ketones is 1. The molecule has 1 saturated carbocycles. The largest absolute Gasteiger partial charge is 0.299 e. The number of para-hydroxylation sites is 1. The molecule has 15 heavy (non-hydrogen) atoms. The zero-order valence-electron chi connectivity index (χ0n) is 8.94. The lowest BCUT2D eigenvalue weighted by Crippen LogP contribution is -2.20. The summed E-state index contributed by atoms with van der Waals surface area (Å²) in [5.41, 5.74) is 1.99. The molecule has 0 heterocycles. The minimum absolute atomic E-state index is 0.323. The molecule has 1 aromatic carbocycles. The SMILES string of the molecule is CC1CC(=O)CC(=Nc2ccccc2)C1. The summed E-state index contributed by atoms with van der Waals surface area (Å²) in [5, 5.41) is 0. The van der Waals surface area contributed by atoms with Crippen LogP contribution in [0.25, 0.3) is 0 Å². The highest BCUT2D eigenvalue weighted by Gasteiger charge is 2.20. The van der Waals surface area contributed by atoms with Crippen molar-refractivity contribution in [3.8, 4) is 0 Å². The van der Waals surface area contributed by atoms with Crippen LogP contribution in [0.4, 0.5) is 5.69 Å². The molecule has 1 aliphatic carbocycles. The predicted octanol–water partition coefficient (Wildman–Crippen LogP) is 3.15. The fraction of sp³-hybridized carbons (Fsp3) is 0.385. The highest BCUT2D eigenvalue weighted by atomic mass is 16.1. The maximum atomic E-state index is 11.4. The van der Waals surface area contributed by atoms with Crippen LogP contribution in [0.1, 0.15) is 26.2 Å². The van der Waals surface area contributed by atoms with Crippen molar-refractivity contribution < 1.29 is 4.79 Å². The number of hydrogen-bond donors (Lipinski definition) is 0. The second-order valence-electron chi connectivity index (χ2n) is 4.24. The quantitative estimate of drug-likeness (QED) is 0.686. The number of carbonyl (C=O) groups excluding carboxylic acids is 1. The molecule has 0 N–H and O–H groups in total. The molecule has 1 atom stereocenters. The van der Waals surface area contributed by atoms with E-state index in [2.05, 4.69) is 11.9 Å². The highest BCUT2D eigenvalue weighted by molar-refractivity contribution is 6.05. The van der Waals surface area contributed by atoms with Gasteiger partial charge in [0.15, 0.2) is 0 Å². The molecular formula is C13H15NO. The van der Waals surface area contributed by atoms with Crippen LogP contribution < -0.4 is 0 Å². The highest BCUT2D eigenvalue weighted by Crippen LogP contribution is 2.21. The topological polar surface area (TPSA) is 29.4 Å². The van der Waals surface area contributed by atoms with Gasteiger partial charge in [0.2, 0.25) is 0 Å². The van der Waals surface area contributed by atoms with Gasteiger partial charge in [-0.3, -0.25) is 9.79 Å². The normalized spacial score (nSPS) is 24.5. The van der Waals surface area contributed by atoms with Gasteiger partial charge in [0.25, 0.3) is 0 Å². The lowest BCUT2D eigenvalue weighted by atomic mass is 9.88. The number of carbonyl (C=O) groups is 1. The molecule has 1 fully saturated rings. The number of rotatable bonds is 1. The summed E-state index contributed by atoms with van der Waals surface area (Å²) < 4.78 is 0. The molecule has 78 valence electrons. The van der Waals surface area contributed by atoms with Crippen LogP contribution in [0.5, 0.6) is 0 Å². The van der Waals surface area contributed by atoms with Crippen LogP contribution in [-0.4, -0.2) is 11.5 Å². The first kappa shape index (κ1) is 10.1. The first-order valence-corrected chi connectivity index (χ1v) is 5.37. The first-order valence-electron chi connectivity index (χ1n) is 5.37. The van der Waals surface area contributed by atoms with E-state index in [1.807, 2.05) is 30.3 Å². The number of Topliss-reactive ketones (excluding diaryl/α,β-unsaturated/α-hetero) is 1. The van der Waals surface area contributed by atoms with Crippen LogP contribution >= 0.6 is 0 Å². The molecule has 2 heteroatoms. The standard InChI is InChI=1S/C13H15NO/c1-10-7-12(9-13(15)8-10)14-11-5-3-2-4-6-11/h2-6,10H,7-9H2,1H3. The van der Waals surface area contributed by atoms with Crippen LogP contribution in [0, 0.1) is 5.92 Å². The average molecular weight is 201 g/mol. The fourth-order valence-electron chi connectivity index (χ4n) is 2.01. The minimum Gasteiger partial charge on any atom is -0.299 e. The maximum absolute atomic E-state index is 11.4. The third-order valence-corrected chi connectivity index (χ3v) is 2.60. The van der Waals surface area contributed by atoms with Crippen LogP contribution in [-0.2, 0) is 4.79 Å². The van der Waals surface area contributed by atoms with E-state index in [0.717, 1.165) is 17.8 Å².